The van der Waals surface area contributed by atoms with Crippen LogP contribution in [0.1, 0.15) is 30.5 Å². The number of hydrogen-bond acceptors (Lipinski definition) is 2. The first kappa shape index (κ1) is 10.4. The first-order valence-corrected chi connectivity index (χ1v) is 6.56. The molecule has 94 valence electrons. The first-order chi connectivity index (χ1) is 8.71. The molecule has 0 bridgehead atoms. The van der Waals surface area contributed by atoms with Crippen molar-refractivity contribution in [1.29, 1.82) is 0 Å². The summed E-state index contributed by atoms with van der Waals surface area (Å²) in [5.74, 6) is 0. The fourth-order valence-corrected chi connectivity index (χ4v) is 3.56. The van der Waals surface area contributed by atoms with Crippen molar-refractivity contribution in [3.63, 3.8) is 0 Å². The van der Waals surface area contributed by atoms with E-state index in [-0.39, 0.29) is 0 Å². The number of aromatic nitrogens is 2. The molecule has 1 aliphatic carbocycles. The van der Waals surface area contributed by atoms with Crippen LogP contribution < -0.4 is 0 Å². The van der Waals surface area contributed by atoms with E-state index < -0.39 is 0 Å². The summed E-state index contributed by atoms with van der Waals surface area (Å²) in [6.07, 6.45) is 8.83. The molecule has 3 heteroatoms. The summed E-state index contributed by atoms with van der Waals surface area (Å²) in [4.78, 5) is 6.56. The summed E-state index contributed by atoms with van der Waals surface area (Å²) in [5.41, 5.74) is 4.27. The van der Waals surface area contributed by atoms with Crippen molar-refractivity contribution in [1.82, 2.24) is 14.5 Å². The highest BCUT2D eigenvalue weighted by Crippen LogP contribution is 2.46. The molecule has 0 amide bonds. The molecule has 0 atom stereocenters. The highest BCUT2D eigenvalue weighted by molar-refractivity contribution is 5.85. The van der Waals surface area contributed by atoms with Gasteiger partial charge in [0.1, 0.15) is 0 Å². The van der Waals surface area contributed by atoms with Crippen molar-refractivity contribution >= 4 is 10.9 Å². The summed E-state index contributed by atoms with van der Waals surface area (Å²) in [7, 11) is 8.44. The van der Waals surface area contributed by atoms with E-state index in [9.17, 15) is 0 Å². The van der Waals surface area contributed by atoms with E-state index in [4.69, 9.17) is 0 Å². The summed E-state index contributed by atoms with van der Waals surface area (Å²) in [6, 6.07) is 2.06. The highest BCUT2D eigenvalue weighted by Gasteiger charge is 2.40. The van der Waals surface area contributed by atoms with Crippen LogP contribution in [0, 0.1) is 14.1 Å². The number of pyridine rings is 1. The lowest BCUT2D eigenvalue weighted by Crippen LogP contribution is -2.54. The Morgan fingerprint density at radius 1 is 1.28 bits per heavy atom. The van der Waals surface area contributed by atoms with Crippen LogP contribution in [0.5, 0.6) is 0 Å². The molecular weight excluding hydrogens is 222 g/mol. The van der Waals surface area contributed by atoms with Gasteiger partial charge in [-0.1, -0.05) is 22.8 Å². The number of nitrogens with zero attached hydrogens (tertiary/aromatic N) is 3. The van der Waals surface area contributed by atoms with E-state index in [0.717, 1.165) is 13.0 Å². The molecule has 0 radical (unpaired) electrons. The maximum atomic E-state index is 4.27. The zero-order valence-corrected chi connectivity index (χ0v) is 10.5. The zero-order valence-electron chi connectivity index (χ0n) is 10.5. The molecular formula is C15H17N3-2. The Morgan fingerprint density at radius 2 is 2.11 bits per heavy atom. The second kappa shape index (κ2) is 3.29. The van der Waals surface area contributed by atoms with Crippen molar-refractivity contribution in [3.05, 3.63) is 43.8 Å². The summed E-state index contributed by atoms with van der Waals surface area (Å²) in [5, 5.41) is 1.28. The van der Waals surface area contributed by atoms with Crippen LogP contribution in [0.3, 0.4) is 0 Å². The van der Waals surface area contributed by atoms with Crippen molar-refractivity contribution in [2.45, 2.75) is 37.8 Å². The van der Waals surface area contributed by atoms with Gasteiger partial charge in [-0.3, -0.25) is 12.0 Å². The van der Waals surface area contributed by atoms with Crippen LogP contribution in [-0.4, -0.2) is 20.0 Å². The second-order valence-corrected chi connectivity index (χ2v) is 5.70. The average molecular weight is 239 g/mol. The van der Waals surface area contributed by atoms with Gasteiger partial charge in [-0.05, 0) is 43.2 Å². The van der Waals surface area contributed by atoms with Gasteiger partial charge in [0.2, 0.25) is 0 Å². The largest absolute Gasteiger partial charge is 0.483 e. The summed E-state index contributed by atoms with van der Waals surface area (Å²) in [6.45, 7) is 0.910. The van der Waals surface area contributed by atoms with Crippen molar-refractivity contribution < 1.29 is 0 Å². The third kappa shape index (κ3) is 1.13. The minimum absolute atomic E-state index is 0.317. The van der Waals surface area contributed by atoms with Gasteiger partial charge in [0.05, 0.1) is 0 Å². The molecule has 1 fully saturated rings. The Labute approximate surface area is 107 Å². The van der Waals surface area contributed by atoms with Crippen molar-refractivity contribution in [3.8, 4) is 0 Å². The lowest BCUT2D eigenvalue weighted by molar-refractivity contribution is 0.0360. The van der Waals surface area contributed by atoms with E-state index >= 15 is 0 Å². The molecule has 0 unspecified atom stereocenters. The molecule has 4 rings (SSSR count). The zero-order chi connectivity index (χ0) is 12.3. The third-order valence-electron chi connectivity index (χ3n) is 4.89. The Kier molecular flexibility index (Phi) is 1.91. The van der Waals surface area contributed by atoms with E-state index in [0.29, 0.717) is 5.54 Å². The molecule has 0 aromatic carbocycles. The quantitative estimate of drug-likeness (QED) is 0.659. The maximum Gasteiger partial charge on any atom is 0.0230 e. The summed E-state index contributed by atoms with van der Waals surface area (Å²) >= 11 is 0. The van der Waals surface area contributed by atoms with E-state index in [1.165, 1.54) is 41.4 Å². The second-order valence-electron chi connectivity index (χ2n) is 5.70. The predicted molar refractivity (Wildman–Crippen MR) is 71.7 cm³/mol. The van der Waals surface area contributed by atoms with Gasteiger partial charge in [0, 0.05) is 12.4 Å². The fraction of sp³-hybridized carbons (Fsp3) is 0.400. The number of hydrogen-bond donors (Lipinski definition) is 0. The molecule has 3 heterocycles. The molecule has 0 N–H and O–H groups in total. The lowest BCUT2D eigenvalue weighted by Gasteiger charge is -2.58. The molecule has 18 heavy (non-hydrogen) atoms. The number of rotatable bonds is 0. The molecule has 2 aromatic rings. The van der Waals surface area contributed by atoms with E-state index in [2.05, 4.69) is 34.6 Å². The molecule has 2 aromatic heterocycles. The molecule has 0 saturated heterocycles. The summed E-state index contributed by atoms with van der Waals surface area (Å²) < 4.78 is 2.07. The van der Waals surface area contributed by atoms with Gasteiger partial charge >= 0.3 is 0 Å². The van der Waals surface area contributed by atoms with Crippen LogP contribution in [0.25, 0.3) is 10.9 Å². The van der Waals surface area contributed by atoms with Crippen LogP contribution in [0.4, 0.5) is 0 Å². The third-order valence-corrected chi connectivity index (χ3v) is 4.89. The van der Waals surface area contributed by atoms with Gasteiger partial charge in [-0.25, -0.2) is 0 Å². The van der Waals surface area contributed by atoms with Crippen molar-refractivity contribution in [2.75, 3.05) is 0 Å². The highest BCUT2D eigenvalue weighted by atomic mass is 15.2. The van der Waals surface area contributed by atoms with Crippen LogP contribution in [0.2, 0.25) is 0 Å². The number of fused-ring (bicyclic) bond motifs is 3. The minimum Gasteiger partial charge on any atom is -0.483 e. The first-order valence-electron chi connectivity index (χ1n) is 6.56. The minimum atomic E-state index is 0.317. The topological polar surface area (TPSA) is 21.1 Å². The van der Waals surface area contributed by atoms with Gasteiger partial charge in [0.15, 0.2) is 0 Å². The van der Waals surface area contributed by atoms with Gasteiger partial charge < -0.3 is 9.47 Å². The maximum absolute atomic E-state index is 4.27. The fourth-order valence-electron chi connectivity index (χ4n) is 3.56. The smallest absolute Gasteiger partial charge is 0.0230 e. The normalized spacial score (nSPS) is 22.1. The van der Waals surface area contributed by atoms with Crippen LogP contribution in [-0.2, 0) is 13.0 Å². The molecule has 3 nitrogen and oxygen atoms in total. The Morgan fingerprint density at radius 3 is 2.83 bits per heavy atom. The molecule has 1 spiro atoms. The van der Waals surface area contributed by atoms with Crippen molar-refractivity contribution in [2.24, 2.45) is 0 Å². The predicted octanol–water partition coefficient (Wildman–Crippen LogP) is 2.75. The van der Waals surface area contributed by atoms with Crippen LogP contribution in [0.15, 0.2) is 18.5 Å². The standard InChI is InChI=1S/C15H17N3/c1-17-10-14-11(8-15(17)5-3-6-15)12-9-16-7-4-13(12)18(14)2/h4,7,9H,1-3,5-6,8,10H2/q-2. The lowest BCUT2D eigenvalue weighted by atomic mass is 9.69. The van der Waals surface area contributed by atoms with Crippen LogP contribution >= 0.6 is 0 Å². The van der Waals surface area contributed by atoms with Gasteiger partial charge in [-0.2, -0.15) is 0 Å². The SMILES string of the molecule is [CH2-]N1Cc2c(c3cnccc3n2[CH2-])CC12CCC2. The molecule has 1 saturated carbocycles. The molecule has 2 aliphatic rings. The average Bonchev–Trinajstić information content (AvgIpc) is 2.61. The molecule has 1 aliphatic heterocycles. The van der Waals surface area contributed by atoms with Gasteiger partial charge in [0.25, 0.3) is 0 Å². The Bertz CT molecular complexity index is 622. The van der Waals surface area contributed by atoms with E-state index in [1.807, 2.05) is 12.4 Å². The van der Waals surface area contributed by atoms with Gasteiger partial charge in [-0.15, -0.1) is 7.05 Å². The van der Waals surface area contributed by atoms with E-state index in [1.54, 1.807) is 0 Å². The Hall–Kier alpha value is -1.48. The Balaban J connectivity index is 1.94. The monoisotopic (exact) mass is 239 g/mol.